The van der Waals surface area contributed by atoms with Gasteiger partial charge in [-0.25, -0.2) is 25.6 Å². The molecule has 1 aromatic rings. The average Bonchev–Trinajstić information content (AvgIpc) is 2.33. The van der Waals surface area contributed by atoms with Gasteiger partial charge >= 0.3 is 0 Å². The van der Waals surface area contributed by atoms with E-state index in [4.69, 9.17) is 5.73 Å². The highest BCUT2D eigenvalue weighted by Crippen LogP contribution is 2.25. The van der Waals surface area contributed by atoms with Crippen LogP contribution in [0.4, 0.5) is 14.5 Å². The molecule has 1 saturated heterocycles. The van der Waals surface area contributed by atoms with E-state index in [0.29, 0.717) is 6.07 Å². The lowest BCUT2D eigenvalue weighted by Gasteiger charge is -2.26. The molecule has 2 N–H and O–H groups in total. The first-order valence-electron chi connectivity index (χ1n) is 5.58. The molecule has 1 aromatic carbocycles. The van der Waals surface area contributed by atoms with Crippen LogP contribution < -0.4 is 5.73 Å². The third-order valence-electron chi connectivity index (χ3n) is 2.94. The van der Waals surface area contributed by atoms with Gasteiger partial charge in [-0.15, -0.1) is 0 Å². The summed E-state index contributed by atoms with van der Waals surface area (Å²) in [6.45, 7) is -0.582. The second-order valence-electron chi connectivity index (χ2n) is 4.37. The van der Waals surface area contributed by atoms with Crippen LogP contribution in [0, 0.1) is 11.6 Å². The summed E-state index contributed by atoms with van der Waals surface area (Å²) in [4.78, 5) is -0.880. The Morgan fingerprint density at radius 2 is 1.70 bits per heavy atom. The predicted octanol–water partition coefficient (Wildman–Crippen LogP) is -0.0339. The number of sulfonamides is 1. The molecular weight excluding hydrogens is 314 g/mol. The molecule has 0 saturated carbocycles. The minimum atomic E-state index is -4.31. The molecule has 10 heteroatoms. The first-order chi connectivity index (χ1) is 9.13. The van der Waals surface area contributed by atoms with Crippen molar-refractivity contribution in [3.05, 3.63) is 23.8 Å². The number of nitrogens with zero attached hydrogens (tertiary/aromatic N) is 1. The molecule has 1 heterocycles. The number of sulfone groups is 1. The molecule has 1 aliphatic heterocycles. The normalized spacial score (nSPS) is 19.9. The Morgan fingerprint density at radius 3 is 2.25 bits per heavy atom. The summed E-state index contributed by atoms with van der Waals surface area (Å²) in [5.41, 5.74) is 5.08. The molecule has 112 valence electrons. The maximum atomic E-state index is 13.6. The number of benzene rings is 1. The molecule has 0 aromatic heterocycles. The lowest BCUT2D eigenvalue weighted by molar-refractivity contribution is 0.421. The Bertz CT molecular complexity index is 733. The van der Waals surface area contributed by atoms with Gasteiger partial charge in [0.15, 0.2) is 21.5 Å². The van der Waals surface area contributed by atoms with Gasteiger partial charge in [0.05, 0.1) is 11.5 Å². The molecule has 0 radical (unpaired) electrons. The van der Waals surface area contributed by atoms with Crippen LogP contribution in [0.3, 0.4) is 0 Å². The average molecular weight is 326 g/mol. The van der Waals surface area contributed by atoms with E-state index in [1.165, 1.54) is 0 Å². The van der Waals surface area contributed by atoms with Crippen LogP contribution >= 0.6 is 0 Å². The van der Waals surface area contributed by atoms with Crippen molar-refractivity contribution in [1.29, 1.82) is 0 Å². The number of rotatable bonds is 2. The predicted molar refractivity (Wildman–Crippen MR) is 68.2 cm³/mol. The Morgan fingerprint density at radius 1 is 1.15 bits per heavy atom. The maximum Gasteiger partial charge on any atom is 0.246 e. The highest BCUT2D eigenvalue weighted by atomic mass is 32.2. The summed E-state index contributed by atoms with van der Waals surface area (Å²) < 4.78 is 74.6. The SMILES string of the molecule is Nc1cc(F)c(F)c(S(=O)(=O)N2CCS(=O)(=O)CC2)c1. The maximum absolute atomic E-state index is 13.6. The number of nitrogen functional groups attached to an aromatic ring is 1. The van der Waals surface area contributed by atoms with Crippen molar-refractivity contribution in [2.45, 2.75) is 4.90 Å². The first-order valence-corrected chi connectivity index (χ1v) is 8.85. The zero-order chi connectivity index (χ0) is 15.1. The van der Waals surface area contributed by atoms with Crippen molar-refractivity contribution in [2.75, 3.05) is 30.3 Å². The van der Waals surface area contributed by atoms with Crippen molar-refractivity contribution in [1.82, 2.24) is 4.31 Å². The third kappa shape index (κ3) is 2.76. The van der Waals surface area contributed by atoms with Gasteiger partial charge in [-0.2, -0.15) is 4.31 Å². The Hall–Kier alpha value is -1.26. The lowest BCUT2D eigenvalue weighted by atomic mass is 10.3. The van der Waals surface area contributed by atoms with E-state index in [2.05, 4.69) is 0 Å². The molecule has 20 heavy (non-hydrogen) atoms. The summed E-state index contributed by atoms with van der Waals surface area (Å²) in [5, 5.41) is 0. The summed E-state index contributed by atoms with van der Waals surface area (Å²) >= 11 is 0. The molecule has 0 aliphatic carbocycles. The van der Waals surface area contributed by atoms with Crippen molar-refractivity contribution in [3.8, 4) is 0 Å². The topological polar surface area (TPSA) is 97.5 Å². The zero-order valence-corrected chi connectivity index (χ0v) is 11.8. The van der Waals surface area contributed by atoms with Gasteiger partial charge in [-0.05, 0) is 12.1 Å². The molecule has 1 fully saturated rings. The number of hydrogen-bond donors (Lipinski definition) is 1. The van der Waals surface area contributed by atoms with Crippen LogP contribution in [0.2, 0.25) is 0 Å². The Labute approximate surface area is 115 Å². The molecule has 0 bridgehead atoms. The van der Waals surface area contributed by atoms with E-state index in [1.54, 1.807) is 0 Å². The van der Waals surface area contributed by atoms with Crippen LogP contribution in [-0.2, 0) is 19.9 Å². The lowest BCUT2D eigenvalue weighted by Crippen LogP contribution is -2.43. The minimum absolute atomic E-state index is 0.230. The number of anilines is 1. The standard InChI is InChI=1S/C10H12F2N2O4S2/c11-8-5-7(13)6-9(10(8)12)20(17,18)14-1-3-19(15,16)4-2-14/h5-6H,1-4,13H2. The van der Waals surface area contributed by atoms with Crippen LogP contribution in [0.5, 0.6) is 0 Å². The van der Waals surface area contributed by atoms with Crippen molar-refractivity contribution in [3.63, 3.8) is 0 Å². The van der Waals surface area contributed by atoms with E-state index in [0.717, 1.165) is 10.4 Å². The Balaban J connectivity index is 2.42. The Kier molecular flexibility index (Phi) is 3.73. The molecule has 0 amide bonds. The van der Waals surface area contributed by atoms with Crippen molar-refractivity contribution in [2.24, 2.45) is 0 Å². The van der Waals surface area contributed by atoms with Gasteiger partial charge in [0.1, 0.15) is 4.90 Å². The third-order valence-corrected chi connectivity index (χ3v) is 6.45. The largest absolute Gasteiger partial charge is 0.399 e. The van der Waals surface area contributed by atoms with Gasteiger partial charge in [0.25, 0.3) is 0 Å². The highest BCUT2D eigenvalue weighted by Gasteiger charge is 2.33. The van der Waals surface area contributed by atoms with E-state index in [1.807, 2.05) is 0 Å². The quantitative estimate of drug-likeness (QED) is 0.770. The molecule has 2 rings (SSSR count). The summed E-state index contributed by atoms with van der Waals surface area (Å²) in [6, 6.07) is 1.49. The van der Waals surface area contributed by atoms with Crippen LogP contribution in [0.1, 0.15) is 0 Å². The smallest absolute Gasteiger partial charge is 0.246 e. The molecule has 0 unspecified atom stereocenters. The van der Waals surface area contributed by atoms with E-state index >= 15 is 0 Å². The van der Waals surface area contributed by atoms with E-state index in [-0.39, 0.29) is 30.3 Å². The summed E-state index contributed by atoms with van der Waals surface area (Å²) in [7, 11) is -7.60. The fourth-order valence-corrected chi connectivity index (χ4v) is 4.83. The number of halogens is 2. The summed E-state index contributed by atoms with van der Waals surface area (Å²) in [5.74, 6) is -3.59. The highest BCUT2D eigenvalue weighted by molar-refractivity contribution is 7.92. The van der Waals surface area contributed by atoms with Crippen LogP contribution in [0.15, 0.2) is 17.0 Å². The molecular formula is C10H12F2N2O4S2. The molecule has 0 atom stereocenters. The van der Waals surface area contributed by atoms with E-state index < -0.39 is 36.4 Å². The molecule has 6 nitrogen and oxygen atoms in total. The fraction of sp³-hybridized carbons (Fsp3) is 0.400. The zero-order valence-electron chi connectivity index (χ0n) is 10.2. The van der Waals surface area contributed by atoms with Crippen LogP contribution in [0.25, 0.3) is 0 Å². The first kappa shape index (κ1) is 15.1. The van der Waals surface area contributed by atoms with Gasteiger partial charge in [-0.1, -0.05) is 0 Å². The van der Waals surface area contributed by atoms with Gasteiger partial charge < -0.3 is 5.73 Å². The van der Waals surface area contributed by atoms with Gasteiger partial charge in [0.2, 0.25) is 10.0 Å². The minimum Gasteiger partial charge on any atom is -0.399 e. The molecule has 0 spiro atoms. The van der Waals surface area contributed by atoms with Gasteiger partial charge in [0, 0.05) is 18.8 Å². The number of nitrogens with two attached hydrogens (primary N) is 1. The van der Waals surface area contributed by atoms with Gasteiger partial charge in [-0.3, -0.25) is 0 Å². The van der Waals surface area contributed by atoms with Crippen LogP contribution in [-0.4, -0.2) is 45.7 Å². The van der Waals surface area contributed by atoms with Crippen molar-refractivity contribution >= 4 is 25.5 Å². The van der Waals surface area contributed by atoms with E-state index in [9.17, 15) is 25.6 Å². The number of hydrogen-bond acceptors (Lipinski definition) is 5. The van der Waals surface area contributed by atoms with Crippen molar-refractivity contribution < 1.29 is 25.6 Å². The summed E-state index contributed by atoms with van der Waals surface area (Å²) in [6.07, 6.45) is 0. The second kappa shape index (κ2) is 4.93. The monoisotopic (exact) mass is 326 g/mol. The fourth-order valence-electron chi connectivity index (χ4n) is 1.85. The second-order valence-corrected chi connectivity index (χ2v) is 8.58. The molecule has 1 aliphatic rings.